The first-order chi connectivity index (χ1) is 11.4. The molecule has 0 aliphatic rings. The number of alkyl carbamates (subject to hydrolysis) is 1. The number of carboxylic acid groups (broad SMARTS) is 1. The van der Waals surface area contributed by atoms with Gasteiger partial charge in [0.1, 0.15) is 11.4 Å². The number of nitrogens with one attached hydrogen (secondary N) is 1. The molecule has 0 aromatic heterocycles. The minimum Gasteiger partial charge on any atom is -0.465 e. The number of nitrogens with zero attached hydrogens (tertiary/aromatic N) is 1. The average molecular weight is 356 g/mol. The molecule has 0 saturated carbocycles. The Balaban J connectivity index is 3.24. The molecule has 0 heterocycles. The van der Waals surface area contributed by atoms with E-state index in [0.717, 1.165) is 11.0 Å². The van der Waals surface area contributed by atoms with Crippen LogP contribution in [0.4, 0.5) is 19.7 Å². The van der Waals surface area contributed by atoms with E-state index in [0.29, 0.717) is 0 Å². The van der Waals surface area contributed by atoms with Crippen LogP contribution in [0, 0.1) is 5.82 Å². The number of benzene rings is 1. The Hall–Kier alpha value is -2.35. The van der Waals surface area contributed by atoms with Crippen LogP contribution in [0.3, 0.4) is 0 Å². The van der Waals surface area contributed by atoms with Crippen molar-refractivity contribution in [3.05, 3.63) is 29.6 Å². The minimum absolute atomic E-state index is 0.0435. The minimum atomic E-state index is -1.49. The molecule has 1 aromatic rings. The van der Waals surface area contributed by atoms with Crippen molar-refractivity contribution in [3.63, 3.8) is 0 Å². The lowest BCUT2D eigenvalue weighted by Gasteiger charge is -2.32. The molecule has 0 saturated heterocycles. The fourth-order valence-electron chi connectivity index (χ4n) is 2.25. The second-order valence-corrected chi connectivity index (χ2v) is 6.81. The van der Waals surface area contributed by atoms with E-state index in [1.165, 1.54) is 19.1 Å². The second-order valence-electron chi connectivity index (χ2n) is 6.81. The number of hydrogen-bond acceptors (Lipinski definition) is 4. The van der Waals surface area contributed by atoms with Crippen molar-refractivity contribution < 1.29 is 28.9 Å². The topological polar surface area (TPSA) is 99.1 Å². The maximum atomic E-state index is 14.3. The smallest absolute Gasteiger partial charge is 0.411 e. The Morgan fingerprint density at radius 2 is 1.88 bits per heavy atom. The molecule has 0 aliphatic carbocycles. The van der Waals surface area contributed by atoms with E-state index >= 15 is 0 Å². The van der Waals surface area contributed by atoms with Gasteiger partial charge in [-0.15, -0.1) is 0 Å². The van der Waals surface area contributed by atoms with Crippen molar-refractivity contribution in [2.45, 2.75) is 45.8 Å². The Bertz CT molecular complexity index is 644. The van der Waals surface area contributed by atoms with Crippen LogP contribution in [0.25, 0.3) is 0 Å². The molecule has 2 amide bonds. The van der Waals surface area contributed by atoms with Crippen LogP contribution >= 0.6 is 0 Å². The van der Waals surface area contributed by atoms with E-state index in [1.807, 2.05) is 0 Å². The Morgan fingerprint density at radius 1 is 1.28 bits per heavy atom. The molecular weight excluding hydrogens is 331 g/mol. The highest BCUT2D eigenvalue weighted by molar-refractivity contribution is 5.86. The van der Waals surface area contributed by atoms with Gasteiger partial charge in [0, 0.05) is 17.8 Å². The van der Waals surface area contributed by atoms with Crippen LogP contribution in [-0.4, -0.2) is 41.2 Å². The number of anilines is 1. The Morgan fingerprint density at radius 3 is 2.32 bits per heavy atom. The van der Waals surface area contributed by atoms with Crippen molar-refractivity contribution in [3.8, 4) is 0 Å². The molecule has 25 heavy (non-hydrogen) atoms. The quantitative estimate of drug-likeness (QED) is 0.753. The monoisotopic (exact) mass is 356 g/mol. The lowest BCUT2D eigenvalue weighted by molar-refractivity contribution is 0.0408. The zero-order valence-corrected chi connectivity index (χ0v) is 15.1. The van der Waals surface area contributed by atoms with Crippen molar-refractivity contribution >= 4 is 17.9 Å². The van der Waals surface area contributed by atoms with Gasteiger partial charge in [-0.25, -0.2) is 14.0 Å². The summed E-state index contributed by atoms with van der Waals surface area (Å²) in [5, 5.41) is 21.4. The van der Waals surface area contributed by atoms with Gasteiger partial charge in [0.05, 0.1) is 12.1 Å². The van der Waals surface area contributed by atoms with Gasteiger partial charge in [-0.1, -0.05) is 0 Å². The highest BCUT2D eigenvalue weighted by Crippen LogP contribution is 2.28. The van der Waals surface area contributed by atoms with Crippen molar-refractivity contribution in [1.82, 2.24) is 5.32 Å². The number of hydrogen-bond donors (Lipinski definition) is 3. The van der Waals surface area contributed by atoms with E-state index in [4.69, 9.17) is 4.74 Å². The van der Waals surface area contributed by atoms with Gasteiger partial charge < -0.3 is 20.3 Å². The molecule has 1 atom stereocenters. The van der Waals surface area contributed by atoms with Crippen molar-refractivity contribution in [2.75, 3.05) is 18.1 Å². The van der Waals surface area contributed by atoms with Crippen LogP contribution in [0.1, 0.15) is 40.2 Å². The summed E-state index contributed by atoms with van der Waals surface area (Å²) in [5.41, 5.74) is -2.06. The van der Waals surface area contributed by atoms with Crippen molar-refractivity contribution in [1.29, 1.82) is 0 Å². The van der Waals surface area contributed by atoms with Gasteiger partial charge in [-0.05, 0) is 52.8 Å². The van der Waals surface area contributed by atoms with Crippen LogP contribution in [0.2, 0.25) is 0 Å². The summed E-state index contributed by atoms with van der Waals surface area (Å²) in [4.78, 5) is 24.3. The third-order valence-corrected chi connectivity index (χ3v) is 3.50. The largest absolute Gasteiger partial charge is 0.465 e. The van der Waals surface area contributed by atoms with Gasteiger partial charge in [-0.3, -0.25) is 4.90 Å². The number of aliphatic hydroxyl groups is 1. The first kappa shape index (κ1) is 20.7. The number of halogens is 1. The van der Waals surface area contributed by atoms with Gasteiger partial charge >= 0.3 is 12.2 Å². The third kappa shape index (κ3) is 5.32. The fraction of sp³-hybridized carbons (Fsp3) is 0.529. The van der Waals surface area contributed by atoms with E-state index in [9.17, 15) is 24.2 Å². The lowest BCUT2D eigenvalue weighted by Crippen LogP contribution is -2.48. The van der Waals surface area contributed by atoms with Gasteiger partial charge in [0.2, 0.25) is 0 Å². The van der Waals surface area contributed by atoms with Gasteiger partial charge in [0.25, 0.3) is 0 Å². The summed E-state index contributed by atoms with van der Waals surface area (Å²) in [6.45, 7) is 7.65. The standard InChI is InChI=1S/C17H25FN2O5/c1-6-20(15(23)24)11-7-8-13(18)12(9-11)17(5,10-21)19-14(22)25-16(2,3)4/h7-9,21H,6,10H2,1-5H3,(H,19,22)(H,23,24). The predicted octanol–water partition coefficient (Wildman–Crippen LogP) is 3.06. The van der Waals surface area contributed by atoms with E-state index < -0.39 is 35.8 Å². The fourth-order valence-corrected chi connectivity index (χ4v) is 2.25. The number of aliphatic hydroxyl groups excluding tert-OH is 1. The zero-order chi connectivity index (χ0) is 19.4. The summed E-state index contributed by atoms with van der Waals surface area (Å²) in [7, 11) is 0. The maximum absolute atomic E-state index is 14.3. The highest BCUT2D eigenvalue weighted by atomic mass is 19.1. The summed E-state index contributed by atoms with van der Waals surface area (Å²) < 4.78 is 19.5. The SMILES string of the molecule is CCN(C(=O)O)c1ccc(F)c(C(C)(CO)NC(=O)OC(C)(C)C)c1. The van der Waals surface area contributed by atoms with Gasteiger partial charge in [0.15, 0.2) is 0 Å². The molecule has 0 spiro atoms. The summed E-state index contributed by atoms with van der Waals surface area (Å²) in [6.07, 6.45) is -2.01. The first-order valence-corrected chi connectivity index (χ1v) is 7.86. The van der Waals surface area contributed by atoms with Crippen LogP contribution in [0.5, 0.6) is 0 Å². The number of amides is 2. The molecule has 0 fully saturated rings. The summed E-state index contributed by atoms with van der Waals surface area (Å²) in [5.74, 6) is -0.683. The maximum Gasteiger partial charge on any atom is 0.411 e. The molecule has 0 aliphatic heterocycles. The number of carbonyl (C=O) groups excluding carboxylic acids is 1. The van der Waals surface area contributed by atoms with Crippen LogP contribution in [-0.2, 0) is 10.3 Å². The molecule has 1 unspecified atom stereocenters. The van der Waals surface area contributed by atoms with Crippen LogP contribution < -0.4 is 10.2 Å². The molecule has 140 valence electrons. The van der Waals surface area contributed by atoms with E-state index in [2.05, 4.69) is 5.32 Å². The number of carbonyl (C=O) groups is 2. The Labute approximate surface area is 146 Å². The van der Waals surface area contributed by atoms with Crippen LogP contribution in [0.15, 0.2) is 18.2 Å². The average Bonchev–Trinajstić information content (AvgIpc) is 2.46. The molecule has 1 rings (SSSR count). The van der Waals surface area contributed by atoms with E-state index in [1.54, 1.807) is 27.7 Å². The molecule has 7 nitrogen and oxygen atoms in total. The number of rotatable bonds is 5. The number of ether oxygens (including phenoxy) is 1. The zero-order valence-electron chi connectivity index (χ0n) is 15.1. The first-order valence-electron chi connectivity index (χ1n) is 7.86. The normalized spacial score (nSPS) is 13.7. The Kier molecular flexibility index (Phi) is 6.37. The highest BCUT2D eigenvalue weighted by Gasteiger charge is 2.33. The molecule has 8 heteroatoms. The predicted molar refractivity (Wildman–Crippen MR) is 91.3 cm³/mol. The van der Waals surface area contributed by atoms with Gasteiger partial charge in [-0.2, -0.15) is 0 Å². The summed E-state index contributed by atoms with van der Waals surface area (Å²) >= 11 is 0. The lowest BCUT2D eigenvalue weighted by atomic mass is 9.92. The molecule has 0 radical (unpaired) electrons. The van der Waals surface area contributed by atoms with E-state index in [-0.39, 0.29) is 17.8 Å². The third-order valence-electron chi connectivity index (χ3n) is 3.50. The molecule has 3 N–H and O–H groups in total. The molecule has 1 aromatic carbocycles. The summed E-state index contributed by atoms with van der Waals surface area (Å²) in [6, 6.07) is 3.71. The van der Waals surface area contributed by atoms with Crippen molar-refractivity contribution in [2.24, 2.45) is 0 Å². The second kappa shape index (κ2) is 7.69. The molecule has 0 bridgehead atoms. The molecular formula is C17H25FN2O5.